The predicted molar refractivity (Wildman–Crippen MR) is 70.0 cm³/mol. The molecule has 1 aromatic carbocycles. The highest BCUT2D eigenvalue weighted by Gasteiger charge is 2.10. The molecule has 0 N–H and O–H groups in total. The maximum absolute atomic E-state index is 6.09. The summed E-state index contributed by atoms with van der Waals surface area (Å²) in [6.45, 7) is 1.95. The van der Waals surface area contributed by atoms with E-state index in [9.17, 15) is 0 Å². The minimum Gasteiger partial charge on any atom is -0.240 e. The van der Waals surface area contributed by atoms with E-state index in [0.717, 1.165) is 20.1 Å². The van der Waals surface area contributed by atoms with Crippen LogP contribution in [0.3, 0.4) is 0 Å². The van der Waals surface area contributed by atoms with Gasteiger partial charge >= 0.3 is 0 Å². The van der Waals surface area contributed by atoms with Crippen molar-refractivity contribution in [2.45, 2.75) is 6.92 Å². The number of hydrogen-bond donors (Lipinski definition) is 0. The average molecular weight is 323 g/mol. The summed E-state index contributed by atoms with van der Waals surface area (Å²) in [6, 6.07) is 5.42. The summed E-state index contributed by atoms with van der Waals surface area (Å²) in [5.74, 6) is 0. The fraction of sp³-hybridized carbons (Fsp3) is 0.100. The number of aryl methyl sites for hydroxylation is 1. The second-order valence-electron chi connectivity index (χ2n) is 3.00. The van der Waals surface area contributed by atoms with Gasteiger partial charge in [-0.05, 0) is 41.1 Å². The van der Waals surface area contributed by atoms with Crippen molar-refractivity contribution >= 4 is 50.5 Å². The summed E-state index contributed by atoms with van der Waals surface area (Å²) < 4.78 is 1.03. The highest BCUT2D eigenvalue weighted by atomic mass is 79.9. The van der Waals surface area contributed by atoms with E-state index in [4.69, 9.17) is 23.2 Å². The molecule has 0 spiro atoms. The highest BCUT2D eigenvalue weighted by molar-refractivity contribution is 9.11. The van der Waals surface area contributed by atoms with Crippen LogP contribution in [0.5, 0.6) is 0 Å². The van der Waals surface area contributed by atoms with Crippen molar-refractivity contribution in [1.29, 1.82) is 0 Å². The Bertz CT molecular complexity index is 491. The Labute approximate surface area is 110 Å². The molecule has 0 bridgehead atoms. The number of nitrogens with zero attached hydrogens (tertiary/aromatic N) is 1. The fourth-order valence-corrected chi connectivity index (χ4v) is 3.09. The molecule has 1 nitrogen and oxygen atoms in total. The first kappa shape index (κ1) is 11.4. The maximum Gasteiger partial charge on any atom is 0.126 e. The maximum atomic E-state index is 6.09. The summed E-state index contributed by atoms with van der Waals surface area (Å²) in [5.41, 5.74) is 1.89. The molecule has 0 aliphatic carbocycles. The van der Waals surface area contributed by atoms with Crippen molar-refractivity contribution in [3.8, 4) is 10.6 Å². The van der Waals surface area contributed by atoms with Gasteiger partial charge in [-0.1, -0.05) is 23.2 Å². The van der Waals surface area contributed by atoms with Crippen molar-refractivity contribution in [1.82, 2.24) is 4.98 Å². The van der Waals surface area contributed by atoms with E-state index in [-0.39, 0.29) is 0 Å². The van der Waals surface area contributed by atoms with Gasteiger partial charge in [-0.3, -0.25) is 0 Å². The van der Waals surface area contributed by atoms with Crippen LogP contribution in [-0.2, 0) is 0 Å². The normalized spacial score (nSPS) is 10.7. The van der Waals surface area contributed by atoms with E-state index in [1.54, 1.807) is 17.4 Å². The smallest absolute Gasteiger partial charge is 0.126 e. The Hall–Kier alpha value is -0.0900. The molecular formula is C10H6BrCl2NS. The first-order valence-corrected chi connectivity index (χ1v) is 6.53. The number of benzene rings is 1. The minimum absolute atomic E-state index is 0.628. The lowest BCUT2D eigenvalue weighted by atomic mass is 10.2. The van der Waals surface area contributed by atoms with E-state index in [1.165, 1.54) is 0 Å². The van der Waals surface area contributed by atoms with E-state index in [0.29, 0.717) is 10.0 Å². The third kappa shape index (κ3) is 2.36. The summed E-state index contributed by atoms with van der Waals surface area (Å²) in [4.78, 5) is 4.42. The van der Waals surface area contributed by atoms with E-state index in [1.807, 2.05) is 19.1 Å². The lowest BCUT2D eigenvalue weighted by Crippen LogP contribution is -1.79. The molecule has 15 heavy (non-hydrogen) atoms. The Kier molecular flexibility index (Phi) is 3.36. The zero-order valence-electron chi connectivity index (χ0n) is 7.72. The van der Waals surface area contributed by atoms with Crippen LogP contribution in [0.25, 0.3) is 10.6 Å². The Morgan fingerprint density at radius 3 is 2.60 bits per heavy atom. The Morgan fingerprint density at radius 2 is 2.07 bits per heavy atom. The van der Waals surface area contributed by atoms with E-state index >= 15 is 0 Å². The standard InChI is InChI=1S/C10H6BrCl2NS/c1-5-9(11)15-10(14-5)7-3-2-6(12)4-8(7)13/h2-4H,1H3. The molecule has 78 valence electrons. The van der Waals surface area contributed by atoms with Crippen LogP contribution >= 0.6 is 50.5 Å². The highest BCUT2D eigenvalue weighted by Crippen LogP contribution is 2.36. The predicted octanol–water partition coefficient (Wildman–Crippen LogP) is 5.19. The van der Waals surface area contributed by atoms with Crippen LogP contribution in [0.1, 0.15) is 5.69 Å². The van der Waals surface area contributed by atoms with Gasteiger partial charge in [0.1, 0.15) is 5.01 Å². The van der Waals surface area contributed by atoms with Gasteiger partial charge in [-0.25, -0.2) is 4.98 Å². The second kappa shape index (κ2) is 4.42. The molecule has 0 unspecified atom stereocenters. The zero-order chi connectivity index (χ0) is 11.0. The van der Waals surface area contributed by atoms with Crippen molar-refractivity contribution in [2.75, 3.05) is 0 Å². The molecule has 0 aliphatic heterocycles. The first-order chi connectivity index (χ1) is 7.08. The van der Waals surface area contributed by atoms with Gasteiger partial charge in [0.2, 0.25) is 0 Å². The Morgan fingerprint density at radius 1 is 1.33 bits per heavy atom. The summed E-state index contributed by atoms with van der Waals surface area (Å²) >= 11 is 16.9. The molecule has 0 aliphatic rings. The molecule has 0 saturated carbocycles. The van der Waals surface area contributed by atoms with E-state index in [2.05, 4.69) is 20.9 Å². The van der Waals surface area contributed by atoms with Gasteiger partial charge in [0.25, 0.3) is 0 Å². The SMILES string of the molecule is Cc1nc(-c2ccc(Cl)cc2Cl)sc1Br. The van der Waals surface area contributed by atoms with Crippen molar-refractivity contribution in [3.05, 3.63) is 37.7 Å². The molecule has 0 saturated heterocycles. The molecule has 0 amide bonds. The van der Waals surface area contributed by atoms with Crippen LogP contribution in [0.2, 0.25) is 10.0 Å². The lowest BCUT2D eigenvalue weighted by Gasteiger charge is -1.99. The third-order valence-corrected chi connectivity index (χ3v) is 4.49. The number of hydrogen-bond acceptors (Lipinski definition) is 2. The van der Waals surface area contributed by atoms with Crippen molar-refractivity contribution in [3.63, 3.8) is 0 Å². The fourth-order valence-electron chi connectivity index (χ4n) is 1.16. The molecule has 1 aromatic heterocycles. The quantitative estimate of drug-likeness (QED) is 0.704. The van der Waals surface area contributed by atoms with Gasteiger partial charge in [0, 0.05) is 10.6 Å². The van der Waals surface area contributed by atoms with Gasteiger partial charge < -0.3 is 0 Å². The molecule has 0 fully saturated rings. The topological polar surface area (TPSA) is 12.9 Å². The third-order valence-electron chi connectivity index (χ3n) is 1.90. The van der Waals surface area contributed by atoms with Crippen LogP contribution in [0, 0.1) is 6.92 Å². The Balaban J connectivity index is 2.54. The van der Waals surface area contributed by atoms with Crippen molar-refractivity contribution in [2.24, 2.45) is 0 Å². The molecule has 0 atom stereocenters. The first-order valence-electron chi connectivity index (χ1n) is 4.16. The van der Waals surface area contributed by atoms with Crippen LogP contribution in [0.15, 0.2) is 22.0 Å². The van der Waals surface area contributed by atoms with Crippen LogP contribution in [0.4, 0.5) is 0 Å². The second-order valence-corrected chi connectivity index (χ2v) is 6.16. The molecule has 1 heterocycles. The molecular weight excluding hydrogens is 317 g/mol. The number of rotatable bonds is 1. The molecule has 0 radical (unpaired) electrons. The monoisotopic (exact) mass is 321 g/mol. The summed E-state index contributed by atoms with van der Waals surface area (Å²) in [5, 5.41) is 2.17. The summed E-state index contributed by atoms with van der Waals surface area (Å²) in [6.07, 6.45) is 0. The van der Waals surface area contributed by atoms with Gasteiger partial charge in [0.05, 0.1) is 14.5 Å². The van der Waals surface area contributed by atoms with Gasteiger partial charge in [-0.2, -0.15) is 0 Å². The molecule has 5 heteroatoms. The minimum atomic E-state index is 0.628. The van der Waals surface area contributed by atoms with Crippen molar-refractivity contribution < 1.29 is 0 Å². The lowest BCUT2D eigenvalue weighted by molar-refractivity contribution is 1.26. The number of aromatic nitrogens is 1. The average Bonchev–Trinajstić information content (AvgIpc) is 2.46. The number of thiazole rings is 1. The van der Waals surface area contributed by atoms with E-state index < -0.39 is 0 Å². The number of halogens is 3. The van der Waals surface area contributed by atoms with Crippen LogP contribution in [-0.4, -0.2) is 4.98 Å². The van der Waals surface area contributed by atoms with Gasteiger partial charge in [0.15, 0.2) is 0 Å². The molecule has 2 aromatic rings. The molecule has 2 rings (SSSR count). The summed E-state index contributed by atoms with van der Waals surface area (Å²) in [7, 11) is 0. The van der Waals surface area contributed by atoms with Crippen LogP contribution < -0.4 is 0 Å². The zero-order valence-corrected chi connectivity index (χ0v) is 11.6. The van der Waals surface area contributed by atoms with Gasteiger partial charge in [-0.15, -0.1) is 11.3 Å². The largest absolute Gasteiger partial charge is 0.240 e.